The molecule has 2 heterocycles. The van der Waals surface area contributed by atoms with E-state index in [1.54, 1.807) is 18.1 Å². The van der Waals surface area contributed by atoms with Crippen LogP contribution in [-0.2, 0) is 11.2 Å². The molecule has 132 valence electrons. The van der Waals surface area contributed by atoms with Gasteiger partial charge in [0.25, 0.3) is 0 Å². The third-order valence-corrected chi connectivity index (χ3v) is 4.81. The van der Waals surface area contributed by atoms with E-state index in [-0.39, 0.29) is 11.9 Å². The van der Waals surface area contributed by atoms with Crippen LogP contribution in [0.2, 0.25) is 5.02 Å². The highest BCUT2D eigenvalue weighted by Gasteiger charge is 2.24. The summed E-state index contributed by atoms with van der Waals surface area (Å²) in [7, 11) is 1.80. The molecule has 0 saturated carbocycles. The molecule has 1 atom stereocenters. The average molecular weight is 368 g/mol. The molecule has 1 N–H and O–H groups in total. The van der Waals surface area contributed by atoms with E-state index in [9.17, 15) is 4.79 Å². The molecule has 2 aromatic carbocycles. The summed E-state index contributed by atoms with van der Waals surface area (Å²) < 4.78 is 5.89. The lowest BCUT2D eigenvalue weighted by molar-refractivity contribution is -0.117. The summed E-state index contributed by atoms with van der Waals surface area (Å²) in [5, 5.41) is 4.07. The van der Waals surface area contributed by atoms with Crippen molar-refractivity contribution >= 4 is 28.9 Å². The highest BCUT2D eigenvalue weighted by molar-refractivity contribution is 6.30. The van der Waals surface area contributed by atoms with E-state index in [0.717, 1.165) is 22.5 Å². The maximum atomic E-state index is 11.8. The summed E-state index contributed by atoms with van der Waals surface area (Å²) in [6, 6.07) is 13.3. The zero-order valence-corrected chi connectivity index (χ0v) is 15.2. The molecule has 0 aliphatic carbocycles. The van der Waals surface area contributed by atoms with Gasteiger partial charge in [-0.2, -0.15) is 0 Å². The van der Waals surface area contributed by atoms with Gasteiger partial charge in [0.2, 0.25) is 11.8 Å². The minimum atomic E-state index is -0.107. The van der Waals surface area contributed by atoms with Gasteiger partial charge in [0.1, 0.15) is 6.04 Å². The first-order valence-electron chi connectivity index (χ1n) is 8.39. The van der Waals surface area contributed by atoms with Crippen LogP contribution >= 0.6 is 11.6 Å². The molecular weight excluding hydrogens is 350 g/mol. The Balaban J connectivity index is 1.51. The number of benzene rings is 2. The Bertz CT molecular complexity index is 965. The summed E-state index contributed by atoms with van der Waals surface area (Å²) in [6.45, 7) is 1.99. The van der Waals surface area contributed by atoms with Crippen LogP contribution in [0.4, 0.5) is 11.4 Å². The van der Waals surface area contributed by atoms with Gasteiger partial charge < -0.3 is 14.6 Å². The van der Waals surface area contributed by atoms with E-state index in [4.69, 9.17) is 16.0 Å². The summed E-state index contributed by atoms with van der Waals surface area (Å²) in [5.41, 5.74) is 3.86. The zero-order valence-electron chi connectivity index (χ0n) is 14.5. The number of nitrogens with one attached hydrogen (secondary N) is 1. The molecule has 1 aliphatic heterocycles. The molecule has 0 fully saturated rings. The minimum Gasteiger partial charge on any atom is -0.438 e. The monoisotopic (exact) mass is 367 g/mol. The summed E-state index contributed by atoms with van der Waals surface area (Å²) in [6.07, 6.45) is 2.16. The Labute approximate surface area is 156 Å². The van der Waals surface area contributed by atoms with Crippen molar-refractivity contribution in [1.82, 2.24) is 4.98 Å². The second-order valence-corrected chi connectivity index (χ2v) is 6.85. The zero-order chi connectivity index (χ0) is 18.3. The van der Waals surface area contributed by atoms with Crippen molar-refractivity contribution in [2.75, 3.05) is 17.3 Å². The first kappa shape index (κ1) is 16.7. The number of likely N-dealkylation sites (N-methyl/N-ethyl adjacent to an activating group) is 1. The SMILES string of the molecule is CC(Nc1ccc2c(c1)CC(=O)N2C)c1ncc(-c2ccc(Cl)cc2)o1. The van der Waals surface area contributed by atoms with Crippen LogP contribution in [-0.4, -0.2) is 17.9 Å². The maximum absolute atomic E-state index is 11.8. The van der Waals surface area contributed by atoms with Gasteiger partial charge in [-0.1, -0.05) is 11.6 Å². The predicted molar refractivity (Wildman–Crippen MR) is 103 cm³/mol. The van der Waals surface area contributed by atoms with Gasteiger partial charge in [-0.15, -0.1) is 0 Å². The van der Waals surface area contributed by atoms with Crippen molar-refractivity contribution in [3.63, 3.8) is 0 Å². The maximum Gasteiger partial charge on any atom is 0.231 e. The molecule has 1 aromatic heterocycles. The summed E-state index contributed by atoms with van der Waals surface area (Å²) >= 11 is 5.92. The van der Waals surface area contributed by atoms with E-state index in [2.05, 4.69) is 10.3 Å². The van der Waals surface area contributed by atoms with Gasteiger partial charge >= 0.3 is 0 Å². The first-order valence-corrected chi connectivity index (χ1v) is 8.77. The topological polar surface area (TPSA) is 58.4 Å². The molecule has 0 spiro atoms. The number of amides is 1. The lowest BCUT2D eigenvalue weighted by Crippen LogP contribution is -2.20. The molecular formula is C20H18ClN3O2. The van der Waals surface area contributed by atoms with Gasteiger partial charge in [0.15, 0.2) is 5.76 Å². The fourth-order valence-electron chi connectivity index (χ4n) is 3.11. The fraction of sp³-hybridized carbons (Fsp3) is 0.200. The smallest absolute Gasteiger partial charge is 0.231 e. The Morgan fingerprint density at radius 2 is 2.00 bits per heavy atom. The fourth-order valence-corrected chi connectivity index (χ4v) is 3.23. The quantitative estimate of drug-likeness (QED) is 0.727. The van der Waals surface area contributed by atoms with Crippen molar-refractivity contribution in [2.45, 2.75) is 19.4 Å². The van der Waals surface area contributed by atoms with Crippen molar-refractivity contribution < 1.29 is 9.21 Å². The van der Waals surface area contributed by atoms with Gasteiger partial charge in [-0.05, 0) is 55.0 Å². The van der Waals surface area contributed by atoms with Crippen LogP contribution in [0.15, 0.2) is 53.1 Å². The van der Waals surface area contributed by atoms with Crippen LogP contribution in [0, 0.1) is 0 Å². The number of halogens is 1. The van der Waals surface area contributed by atoms with Gasteiger partial charge in [0, 0.05) is 29.0 Å². The second kappa shape index (κ2) is 6.50. The van der Waals surface area contributed by atoms with Crippen molar-refractivity contribution in [3.05, 3.63) is 65.1 Å². The molecule has 4 rings (SSSR count). The molecule has 6 heteroatoms. The lowest BCUT2D eigenvalue weighted by atomic mass is 10.1. The number of oxazole rings is 1. The van der Waals surface area contributed by atoms with Gasteiger partial charge in [-0.25, -0.2) is 4.98 Å². The highest BCUT2D eigenvalue weighted by atomic mass is 35.5. The molecule has 1 aliphatic rings. The number of hydrogen-bond acceptors (Lipinski definition) is 4. The van der Waals surface area contributed by atoms with Crippen molar-refractivity contribution in [1.29, 1.82) is 0 Å². The van der Waals surface area contributed by atoms with Crippen LogP contribution < -0.4 is 10.2 Å². The summed E-state index contributed by atoms with van der Waals surface area (Å²) in [5.74, 6) is 1.42. The number of rotatable bonds is 4. The Morgan fingerprint density at radius 1 is 1.23 bits per heavy atom. The van der Waals surface area contributed by atoms with Crippen LogP contribution in [0.25, 0.3) is 11.3 Å². The largest absolute Gasteiger partial charge is 0.438 e. The van der Waals surface area contributed by atoms with Crippen molar-refractivity contribution in [2.24, 2.45) is 0 Å². The van der Waals surface area contributed by atoms with E-state index in [1.807, 2.05) is 49.4 Å². The molecule has 1 unspecified atom stereocenters. The lowest BCUT2D eigenvalue weighted by Gasteiger charge is -2.14. The predicted octanol–water partition coefficient (Wildman–Crippen LogP) is 4.69. The normalized spacial score (nSPS) is 14.4. The van der Waals surface area contributed by atoms with Crippen molar-refractivity contribution in [3.8, 4) is 11.3 Å². The molecule has 1 amide bonds. The summed E-state index contributed by atoms with van der Waals surface area (Å²) in [4.78, 5) is 17.9. The van der Waals surface area contributed by atoms with Crippen LogP contribution in [0.5, 0.6) is 0 Å². The molecule has 0 bridgehead atoms. The first-order chi connectivity index (χ1) is 12.5. The number of carbonyl (C=O) groups is 1. The Morgan fingerprint density at radius 3 is 2.77 bits per heavy atom. The molecule has 5 nitrogen and oxygen atoms in total. The van der Waals surface area contributed by atoms with E-state index >= 15 is 0 Å². The third kappa shape index (κ3) is 3.06. The number of carbonyl (C=O) groups excluding carboxylic acids is 1. The van der Waals surface area contributed by atoms with E-state index in [0.29, 0.717) is 23.1 Å². The molecule has 3 aromatic rings. The average Bonchev–Trinajstić information content (AvgIpc) is 3.21. The van der Waals surface area contributed by atoms with Crippen LogP contribution in [0.3, 0.4) is 0 Å². The van der Waals surface area contributed by atoms with Crippen LogP contribution in [0.1, 0.15) is 24.4 Å². The number of hydrogen-bond donors (Lipinski definition) is 1. The Hall–Kier alpha value is -2.79. The molecule has 26 heavy (non-hydrogen) atoms. The third-order valence-electron chi connectivity index (χ3n) is 4.56. The molecule has 0 radical (unpaired) electrons. The number of nitrogens with zero attached hydrogens (tertiary/aromatic N) is 2. The van der Waals surface area contributed by atoms with Gasteiger partial charge in [-0.3, -0.25) is 4.79 Å². The van der Waals surface area contributed by atoms with E-state index in [1.165, 1.54) is 0 Å². The second-order valence-electron chi connectivity index (χ2n) is 6.41. The van der Waals surface area contributed by atoms with Gasteiger partial charge in [0.05, 0.1) is 12.6 Å². The number of aromatic nitrogens is 1. The number of fused-ring (bicyclic) bond motifs is 1. The molecule has 0 saturated heterocycles. The highest BCUT2D eigenvalue weighted by Crippen LogP contribution is 2.32. The minimum absolute atomic E-state index is 0.107. The Kier molecular flexibility index (Phi) is 4.17. The number of anilines is 2. The van der Waals surface area contributed by atoms with E-state index < -0.39 is 0 Å². The standard InChI is InChI=1S/C20H18ClN3O2/c1-12(20-22-11-18(26-20)13-3-5-15(21)6-4-13)23-16-7-8-17-14(9-16)10-19(25)24(17)2/h3-9,11-12,23H,10H2,1-2H3.